The van der Waals surface area contributed by atoms with Crippen molar-refractivity contribution in [1.29, 1.82) is 0 Å². The molecule has 2 aromatic carbocycles. The number of amides is 1. The number of thioether (sulfide) groups is 1. The molecule has 27 heavy (non-hydrogen) atoms. The minimum Gasteiger partial charge on any atom is -0.354 e. The van der Waals surface area contributed by atoms with Gasteiger partial charge >= 0.3 is 0 Å². The average Bonchev–Trinajstić information content (AvgIpc) is 2.70. The summed E-state index contributed by atoms with van der Waals surface area (Å²) in [4.78, 5) is 12.3. The molecule has 0 spiro atoms. The Hall–Kier alpha value is -1.49. The summed E-state index contributed by atoms with van der Waals surface area (Å²) in [7, 11) is 0. The number of benzene rings is 2. The Morgan fingerprint density at radius 3 is 2.22 bits per heavy atom. The zero-order chi connectivity index (χ0) is 18.1. The number of nitrogens with two attached hydrogens (primary N) is 1. The maximum absolute atomic E-state index is 12.3. The first kappa shape index (κ1) is 20.2. The van der Waals surface area contributed by atoms with Gasteiger partial charge in [-0.25, -0.2) is 0 Å². The van der Waals surface area contributed by atoms with Crippen LogP contribution in [-0.4, -0.2) is 30.5 Å². The van der Waals surface area contributed by atoms with Gasteiger partial charge in [0.2, 0.25) is 5.91 Å². The highest BCUT2D eigenvalue weighted by molar-refractivity contribution is 7.98. The minimum atomic E-state index is -0.400. The van der Waals surface area contributed by atoms with Crippen LogP contribution in [0.1, 0.15) is 46.9 Å². The van der Waals surface area contributed by atoms with E-state index in [0.29, 0.717) is 24.3 Å². The van der Waals surface area contributed by atoms with Gasteiger partial charge in [-0.05, 0) is 53.0 Å². The van der Waals surface area contributed by atoms with Crippen LogP contribution in [0.2, 0.25) is 0 Å². The van der Waals surface area contributed by atoms with Gasteiger partial charge in [0.1, 0.15) is 0 Å². The van der Waals surface area contributed by atoms with Crippen LogP contribution in [0.5, 0.6) is 0 Å². The second-order valence-electron chi connectivity index (χ2n) is 7.42. The molecule has 2 aromatic rings. The smallest absolute Gasteiger partial charge is 0.236 e. The van der Waals surface area contributed by atoms with Crippen LogP contribution in [0, 0.1) is 5.92 Å². The molecule has 0 saturated heterocycles. The number of hydrogen-bond donors (Lipinski definition) is 2. The minimum absolute atomic E-state index is 0. The van der Waals surface area contributed by atoms with Gasteiger partial charge in [-0.1, -0.05) is 48.5 Å². The molecule has 5 heteroatoms. The Morgan fingerprint density at radius 2 is 1.67 bits per heavy atom. The SMILES string of the molecule is CSCCC(N)C(=O)NCC1CC2c3ccccc3C1c1ccccc12.Cl. The van der Waals surface area contributed by atoms with Crippen molar-refractivity contribution in [3.05, 3.63) is 70.8 Å². The van der Waals surface area contributed by atoms with Gasteiger partial charge in [-0.15, -0.1) is 12.4 Å². The third-order valence-electron chi connectivity index (χ3n) is 5.93. The molecular weight excluding hydrogens is 376 g/mol. The maximum atomic E-state index is 12.3. The lowest BCUT2D eigenvalue weighted by molar-refractivity contribution is -0.122. The second-order valence-corrected chi connectivity index (χ2v) is 8.40. The largest absolute Gasteiger partial charge is 0.354 e. The van der Waals surface area contributed by atoms with Gasteiger partial charge in [-0.2, -0.15) is 11.8 Å². The highest BCUT2D eigenvalue weighted by atomic mass is 35.5. The third-order valence-corrected chi connectivity index (χ3v) is 6.58. The summed E-state index contributed by atoms with van der Waals surface area (Å²) in [5, 5.41) is 3.13. The fourth-order valence-corrected chi connectivity index (χ4v) is 5.19. The molecule has 2 bridgehead atoms. The van der Waals surface area contributed by atoms with Gasteiger partial charge in [0, 0.05) is 18.4 Å². The van der Waals surface area contributed by atoms with Crippen molar-refractivity contribution in [3.63, 3.8) is 0 Å². The molecule has 0 aromatic heterocycles. The van der Waals surface area contributed by atoms with Crippen LogP contribution in [-0.2, 0) is 4.79 Å². The number of halogens is 1. The summed E-state index contributed by atoms with van der Waals surface area (Å²) >= 11 is 1.73. The standard InChI is InChI=1S/C22H26N2OS.ClH/c1-26-11-10-20(23)22(25)24-13-14-12-19-15-6-2-4-8-17(15)21(14)18-9-5-3-7-16(18)19;/h2-9,14,19-21H,10-13,23H2,1H3,(H,24,25);1H. The van der Waals surface area contributed by atoms with Crippen molar-refractivity contribution in [1.82, 2.24) is 5.32 Å². The Balaban J connectivity index is 0.00000210. The number of fused-ring (bicyclic) bond motifs is 1. The van der Waals surface area contributed by atoms with Crippen LogP contribution in [0.3, 0.4) is 0 Å². The summed E-state index contributed by atoms with van der Waals surface area (Å²) in [5.74, 6) is 2.15. The van der Waals surface area contributed by atoms with Crippen LogP contribution < -0.4 is 11.1 Å². The molecule has 0 fully saturated rings. The van der Waals surface area contributed by atoms with Crippen LogP contribution in [0.15, 0.2) is 48.5 Å². The highest BCUT2D eigenvalue weighted by Crippen LogP contribution is 2.55. The summed E-state index contributed by atoms with van der Waals surface area (Å²) in [6.45, 7) is 0.704. The summed E-state index contributed by atoms with van der Waals surface area (Å²) in [6.07, 6.45) is 3.87. The lowest BCUT2D eigenvalue weighted by Crippen LogP contribution is -2.45. The fraction of sp³-hybridized carbons (Fsp3) is 0.409. The quantitative estimate of drug-likeness (QED) is 0.770. The Kier molecular flexibility index (Phi) is 6.51. The van der Waals surface area contributed by atoms with Crippen molar-refractivity contribution in [3.8, 4) is 0 Å². The van der Waals surface area contributed by atoms with Crippen molar-refractivity contribution >= 4 is 30.1 Å². The van der Waals surface area contributed by atoms with E-state index in [-0.39, 0.29) is 18.3 Å². The zero-order valence-electron chi connectivity index (χ0n) is 15.6. The topological polar surface area (TPSA) is 55.1 Å². The Labute approximate surface area is 171 Å². The summed E-state index contributed by atoms with van der Waals surface area (Å²) in [5.41, 5.74) is 11.8. The first-order valence-corrected chi connectivity index (χ1v) is 10.8. The zero-order valence-corrected chi connectivity index (χ0v) is 17.2. The number of rotatable bonds is 6. The first-order valence-electron chi connectivity index (χ1n) is 9.40. The van der Waals surface area contributed by atoms with Crippen molar-refractivity contribution in [2.24, 2.45) is 11.7 Å². The molecular formula is C22H27ClN2OS. The van der Waals surface area contributed by atoms with E-state index in [1.165, 1.54) is 22.3 Å². The van der Waals surface area contributed by atoms with E-state index in [1.54, 1.807) is 11.8 Å². The van der Waals surface area contributed by atoms with Gasteiger partial charge in [0.15, 0.2) is 0 Å². The average molecular weight is 403 g/mol. The molecule has 2 atom stereocenters. The Bertz CT molecular complexity index is 765. The van der Waals surface area contributed by atoms with Gasteiger partial charge in [0.25, 0.3) is 0 Å². The van der Waals surface area contributed by atoms with E-state index < -0.39 is 6.04 Å². The van der Waals surface area contributed by atoms with E-state index in [2.05, 4.69) is 53.8 Å². The second kappa shape index (κ2) is 8.68. The number of carbonyl (C=O) groups excluding carboxylic acids is 1. The van der Waals surface area contributed by atoms with E-state index in [4.69, 9.17) is 5.73 Å². The summed E-state index contributed by atoms with van der Waals surface area (Å²) < 4.78 is 0. The van der Waals surface area contributed by atoms with Gasteiger partial charge in [0.05, 0.1) is 6.04 Å². The molecule has 3 aliphatic rings. The number of nitrogens with one attached hydrogen (secondary N) is 1. The predicted molar refractivity (Wildman–Crippen MR) is 116 cm³/mol. The molecule has 1 amide bonds. The maximum Gasteiger partial charge on any atom is 0.236 e. The number of carbonyl (C=O) groups is 1. The van der Waals surface area contributed by atoms with E-state index in [9.17, 15) is 4.79 Å². The normalized spacial score (nSPS) is 23.0. The van der Waals surface area contributed by atoms with Crippen LogP contribution >= 0.6 is 24.2 Å². The first-order chi connectivity index (χ1) is 12.7. The lowest BCUT2D eigenvalue weighted by atomic mass is 9.59. The third kappa shape index (κ3) is 3.75. The molecule has 3 N–H and O–H groups in total. The fourth-order valence-electron chi connectivity index (χ4n) is 4.70. The van der Waals surface area contributed by atoms with Gasteiger partial charge in [-0.3, -0.25) is 4.79 Å². The van der Waals surface area contributed by atoms with E-state index in [0.717, 1.165) is 18.6 Å². The lowest BCUT2D eigenvalue weighted by Gasteiger charge is -2.45. The van der Waals surface area contributed by atoms with E-state index >= 15 is 0 Å². The molecule has 5 rings (SSSR count). The Morgan fingerprint density at radius 1 is 1.11 bits per heavy atom. The van der Waals surface area contributed by atoms with Crippen LogP contribution in [0.25, 0.3) is 0 Å². The van der Waals surface area contributed by atoms with Crippen LogP contribution in [0.4, 0.5) is 0 Å². The summed E-state index contributed by atoms with van der Waals surface area (Å²) in [6, 6.07) is 17.2. The molecule has 0 aliphatic heterocycles. The van der Waals surface area contributed by atoms with Crippen molar-refractivity contribution in [2.45, 2.75) is 30.7 Å². The monoisotopic (exact) mass is 402 g/mol. The number of hydrogen-bond acceptors (Lipinski definition) is 3. The molecule has 0 heterocycles. The van der Waals surface area contributed by atoms with Crippen molar-refractivity contribution < 1.29 is 4.79 Å². The molecule has 0 radical (unpaired) electrons. The molecule has 2 unspecified atom stereocenters. The highest BCUT2D eigenvalue weighted by Gasteiger charge is 2.42. The van der Waals surface area contributed by atoms with Crippen molar-refractivity contribution in [2.75, 3.05) is 18.6 Å². The predicted octanol–water partition coefficient (Wildman–Crippen LogP) is 3.90. The van der Waals surface area contributed by atoms with Gasteiger partial charge < -0.3 is 11.1 Å². The molecule has 3 aliphatic carbocycles. The molecule has 0 saturated carbocycles. The van der Waals surface area contributed by atoms with E-state index in [1.807, 2.05) is 6.26 Å². The molecule has 144 valence electrons. The molecule has 3 nitrogen and oxygen atoms in total.